The fourth-order valence-corrected chi connectivity index (χ4v) is 1.88. The number of rotatable bonds is 7. The molecule has 0 aliphatic heterocycles. The lowest BCUT2D eigenvalue weighted by Gasteiger charge is -2.13. The second-order valence-corrected chi connectivity index (χ2v) is 4.87. The largest absolute Gasteiger partial charge is 0.489 e. The van der Waals surface area contributed by atoms with Crippen LogP contribution in [0.15, 0.2) is 48.5 Å². The van der Waals surface area contributed by atoms with E-state index in [-0.39, 0.29) is 0 Å². The molecule has 21 heavy (non-hydrogen) atoms. The maximum Gasteiger partial charge on any atom is 0.152 e. The standard InChI is InChI=1S/C17H19NO3/c1-13(20)10-18-17-9-16(8-7-15(17)11-19)21-12-14-5-3-2-4-6-14/h2-9,11,13,18,20H,10,12H2,1H3/t13-/m1/s1. The minimum atomic E-state index is -0.488. The number of carbonyl (C=O) groups excluding carboxylic acids is 1. The summed E-state index contributed by atoms with van der Waals surface area (Å²) in [6, 6.07) is 15.1. The molecule has 0 saturated heterocycles. The van der Waals surface area contributed by atoms with Crippen LogP contribution >= 0.6 is 0 Å². The predicted molar refractivity (Wildman–Crippen MR) is 82.8 cm³/mol. The Bertz CT molecular complexity index is 582. The molecule has 4 heteroatoms. The molecule has 0 aromatic heterocycles. The molecule has 2 aromatic carbocycles. The van der Waals surface area contributed by atoms with E-state index < -0.39 is 6.10 Å². The minimum Gasteiger partial charge on any atom is -0.489 e. The highest BCUT2D eigenvalue weighted by Gasteiger charge is 2.05. The third-order valence-electron chi connectivity index (χ3n) is 2.99. The monoisotopic (exact) mass is 285 g/mol. The predicted octanol–water partition coefficient (Wildman–Crippen LogP) is 2.87. The Labute approximate surface area is 124 Å². The lowest BCUT2D eigenvalue weighted by molar-refractivity contribution is 0.112. The summed E-state index contributed by atoms with van der Waals surface area (Å²) in [5, 5.41) is 12.4. The van der Waals surface area contributed by atoms with E-state index in [4.69, 9.17) is 4.74 Å². The van der Waals surface area contributed by atoms with Crippen molar-refractivity contribution >= 4 is 12.0 Å². The van der Waals surface area contributed by atoms with Crippen LogP contribution < -0.4 is 10.1 Å². The molecule has 0 aliphatic rings. The molecule has 2 aromatic rings. The van der Waals surface area contributed by atoms with Crippen LogP contribution in [0.3, 0.4) is 0 Å². The molecule has 0 amide bonds. The van der Waals surface area contributed by atoms with Gasteiger partial charge in [-0.15, -0.1) is 0 Å². The van der Waals surface area contributed by atoms with Crippen molar-refractivity contribution in [2.45, 2.75) is 19.6 Å². The lowest BCUT2D eigenvalue weighted by Crippen LogP contribution is -2.16. The molecule has 110 valence electrons. The van der Waals surface area contributed by atoms with Crippen LogP contribution in [0.2, 0.25) is 0 Å². The summed E-state index contributed by atoms with van der Waals surface area (Å²) in [5.41, 5.74) is 2.29. The molecular formula is C17H19NO3. The van der Waals surface area contributed by atoms with Gasteiger partial charge in [0, 0.05) is 23.9 Å². The highest BCUT2D eigenvalue weighted by molar-refractivity contribution is 5.84. The Morgan fingerprint density at radius 1 is 1.24 bits per heavy atom. The van der Waals surface area contributed by atoms with Crippen LogP contribution in [0, 0.1) is 0 Å². The van der Waals surface area contributed by atoms with E-state index >= 15 is 0 Å². The molecule has 0 aliphatic carbocycles. The van der Waals surface area contributed by atoms with Gasteiger partial charge in [-0.1, -0.05) is 30.3 Å². The zero-order valence-corrected chi connectivity index (χ0v) is 12.0. The molecule has 4 nitrogen and oxygen atoms in total. The molecule has 2 N–H and O–H groups in total. The molecule has 0 spiro atoms. The third kappa shape index (κ3) is 4.61. The first kappa shape index (κ1) is 15.1. The Hall–Kier alpha value is -2.33. The lowest BCUT2D eigenvalue weighted by atomic mass is 10.1. The van der Waals surface area contributed by atoms with Gasteiger partial charge in [0.15, 0.2) is 6.29 Å². The van der Waals surface area contributed by atoms with Gasteiger partial charge < -0.3 is 15.2 Å². The number of carbonyl (C=O) groups is 1. The molecule has 2 rings (SSSR count). The Balaban J connectivity index is 2.06. The maximum atomic E-state index is 11.0. The van der Waals surface area contributed by atoms with Crippen molar-refractivity contribution in [1.82, 2.24) is 0 Å². The van der Waals surface area contributed by atoms with Crippen LogP contribution in [0.1, 0.15) is 22.8 Å². The molecular weight excluding hydrogens is 266 g/mol. The van der Waals surface area contributed by atoms with Gasteiger partial charge in [0.2, 0.25) is 0 Å². The van der Waals surface area contributed by atoms with Crippen LogP contribution in [0.4, 0.5) is 5.69 Å². The first-order chi connectivity index (χ1) is 10.2. The second kappa shape index (κ2) is 7.45. The number of benzene rings is 2. The Morgan fingerprint density at radius 3 is 2.67 bits per heavy atom. The van der Waals surface area contributed by atoms with Crippen LogP contribution in [0.25, 0.3) is 0 Å². The topological polar surface area (TPSA) is 58.6 Å². The fourth-order valence-electron chi connectivity index (χ4n) is 1.88. The number of aliphatic hydroxyl groups excluding tert-OH is 1. The number of ether oxygens (including phenoxy) is 1. The van der Waals surface area contributed by atoms with Gasteiger partial charge in [-0.25, -0.2) is 0 Å². The zero-order chi connectivity index (χ0) is 15.1. The second-order valence-electron chi connectivity index (χ2n) is 4.87. The van der Waals surface area contributed by atoms with Crippen LogP contribution in [0.5, 0.6) is 5.75 Å². The van der Waals surface area contributed by atoms with E-state index in [0.29, 0.717) is 30.2 Å². The maximum absolute atomic E-state index is 11.0. The van der Waals surface area contributed by atoms with E-state index in [1.807, 2.05) is 30.3 Å². The Kier molecular flexibility index (Phi) is 5.35. The summed E-state index contributed by atoms with van der Waals surface area (Å²) < 4.78 is 5.72. The van der Waals surface area contributed by atoms with E-state index in [2.05, 4.69) is 5.32 Å². The van der Waals surface area contributed by atoms with E-state index in [9.17, 15) is 9.90 Å². The van der Waals surface area contributed by atoms with Crippen molar-refractivity contribution in [2.24, 2.45) is 0 Å². The van der Waals surface area contributed by atoms with E-state index in [0.717, 1.165) is 11.8 Å². The van der Waals surface area contributed by atoms with Crippen molar-refractivity contribution < 1.29 is 14.6 Å². The summed E-state index contributed by atoms with van der Waals surface area (Å²) in [7, 11) is 0. The summed E-state index contributed by atoms with van der Waals surface area (Å²) in [6.45, 7) is 2.53. The van der Waals surface area contributed by atoms with Gasteiger partial charge in [0.1, 0.15) is 12.4 Å². The molecule has 0 unspecified atom stereocenters. The third-order valence-corrected chi connectivity index (χ3v) is 2.99. The molecule has 0 radical (unpaired) electrons. The molecule has 1 atom stereocenters. The molecule has 0 bridgehead atoms. The van der Waals surface area contributed by atoms with Crippen molar-refractivity contribution in [3.63, 3.8) is 0 Å². The van der Waals surface area contributed by atoms with Crippen LogP contribution in [-0.4, -0.2) is 24.0 Å². The van der Waals surface area contributed by atoms with Gasteiger partial charge in [0.05, 0.1) is 6.10 Å². The number of hydrogen-bond acceptors (Lipinski definition) is 4. The number of hydrogen-bond donors (Lipinski definition) is 2. The average molecular weight is 285 g/mol. The SMILES string of the molecule is C[C@@H](O)CNc1cc(OCc2ccccc2)ccc1C=O. The Morgan fingerprint density at radius 2 is 2.00 bits per heavy atom. The number of anilines is 1. The first-order valence-electron chi connectivity index (χ1n) is 6.87. The van der Waals surface area contributed by atoms with Crippen molar-refractivity contribution in [2.75, 3.05) is 11.9 Å². The number of aliphatic hydroxyl groups is 1. The summed E-state index contributed by atoms with van der Waals surface area (Å²) in [5.74, 6) is 0.678. The highest BCUT2D eigenvalue weighted by atomic mass is 16.5. The molecule has 0 fully saturated rings. The van der Waals surface area contributed by atoms with E-state index in [1.54, 1.807) is 25.1 Å². The van der Waals surface area contributed by atoms with Crippen molar-refractivity contribution in [1.29, 1.82) is 0 Å². The van der Waals surface area contributed by atoms with Crippen LogP contribution in [-0.2, 0) is 6.61 Å². The highest BCUT2D eigenvalue weighted by Crippen LogP contribution is 2.22. The quantitative estimate of drug-likeness (QED) is 0.768. The average Bonchev–Trinajstić information content (AvgIpc) is 2.52. The fraction of sp³-hybridized carbons (Fsp3) is 0.235. The zero-order valence-electron chi connectivity index (χ0n) is 12.0. The van der Waals surface area contributed by atoms with Gasteiger partial charge in [-0.3, -0.25) is 4.79 Å². The number of aldehydes is 1. The smallest absolute Gasteiger partial charge is 0.152 e. The van der Waals surface area contributed by atoms with Gasteiger partial charge in [-0.05, 0) is 24.6 Å². The number of nitrogens with one attached hydrogen (secondary N) is 1. The van der Waals surface area contributed by atoms with E-state index in [1.165, 1.54) is 0 Å². The van der Waals surface area contributed by atoms with Gasteiger partial charge in [-0.2, -0.15) is 0 Å². The molecule has 0 saturated carbocycles. The minimum absolute atomic E-state index is 0.378. The van der Waals surface area contributed by atoms with Crippen molar-refractivity contribution in [3.8, 4) is 5.75 Å². The summed E-state index contributed by atoms with van der Waals surface area (Å²) >= 11 is 0. The van der Waals surface area contributed by atoms with Crippen molar-refractivity contribution in [3.05, 3.63) is 59.7 Å². The molecule has 0 heterocycles. The summed E-state index contributed by atoms with van der Waals surface area (Å²) in [4.78, 5) is 11.0. The first-order valence-corrected chi connectivity index (χ1v) is 6.87. The van der Waals surface area contributed by atoms with Gasteiger partial charge in [0.25, 0.3) is 0 Å². The van der Waals surface area contributed by atoms with Gasteiger partial charge >= 0.3 is 0 Å². The summed E-state index contributed by atoms with van der Waals surface area (Å²) in [6.07, 6.45) is 0.295. The normalized spacial score (nSPS) is 11.7.